The van der Waals surface area contributed by atoms with Crippen molar-refractivity contribution in [2.75, 3.05) is 17.2 Å². The molecule has 3 heterocycles. The molecule has 0 amide bonds. The lowest BCUT2D eigenvalue weighted by molar-refractivity contribution is 0.457. The summed E-state index contributed by atoms with van der Waals surface area (Å²) in [6, 6.07) is 0.0867. The summed E-state index contributed by atoms with van der Waals surface area (Å²) in [5, 5.41) is 4.45. The van der Waals surface area contributed by atoms with E-state index in [2.05, 4.69) is 10.1 Å². The molecule has 0 radical (unpaired) electrons. The number of nitrogens with two attached hydrogens (primary N) is 1. The average Bonchev–Trinajstić information content (AvgIpc) is 2.87. The zero-order valence-corrected chi connectivity index (χ0v) is 12.5. The van der Waals surface area contributed by atoms with E-state index in [1.54, 1.807) is 4.68 Å². The summed E-state index contributed by atoms with van der Waals surface area (Å²) in [7, 11) is -1.01. The third-order valence-electron chi connectivity index (χ3n) is 3.99. The zero-order chi connectivity index (χ0) is 14.5. The number of sulfone groups is 1. The van der Waals surface area contributed by atoms with Gasteiger partial charge in [0, 0.05) is 13.1 Å². The van der Waals surface area contributed by atoms with E-state index in [1.165, 1.54) is 0 Å². The summed E-state index contributed by atoms with van der Waals surface area (Å²) in [4.78, 5) is 4.42. The van der Waals surface area contributed by atoms with Crippen LogP contribution in [0.3, 0.4) is 0 Å². The van der Waals surface area contributed by atoms with Gasteiger partial charge in [-0.3, -0.25) is 9.25 Å². The van der Waals surface area contributed by atoms with Gasteiger partial charge in [0.2, 0.25) is 5.95 Å². The molecule has 0 saturated carbocycles. The van der Waals surface area contributed by atoms with E-state index in [1.807, 2.05) is 18.5 Å². The Morgan fingerprint density at radius 2 is 2.00 bits per heavy atom. The number of hydrogen-bond donors (Lipinski definition) is 1. The highest BCUT2D eigenvalue weighted by Crippen LogP contribution is 2.31. The summed E-state index contributed by atoms with van der Waals surface area (Å²) in [6.45, 7) is 2.03. The van der Waals surface area contributed by atoms with Crippen molar-refractivity contribution in [1.29, 1.82) is 0 Å². The van der Waals surface area contributed by atoms with Crippen LogP contribution in [0.2, 0.25) is 0 Å². The van der Waals surface area contributed by atoms with E-state index in [0.717, 1.165) is 23.3 Å². The molecular weight excluding hydrogens is 278 g/mol. The van der Waals surface area contributed by atoms with Crippen LogP contribution in [0.25, 0.3) is 11.2 Å². The topological polar surface area (TPSA) is 95.8 Å². The van der Waals surface area contributed by atoms with Gasteiger partial charge in [-0.1, -0.05) is 6.92 Å². The van der Waals surface area contributed by atoms with E-state index in [-0.39, 0.29) is 17.5 Å². The molecule has 2 aromatic heterocycles. The number of anilines is 1. The minimum atomic E-state index is -2.88. The molecule has 2 aromatic rings. The SMILES string of the molecule is CCc1nn(C)c2c1nc(N)n2C1CCS(=O)(=O)CC1. The molecule has 20 heavy (non-hydrogen) atoms. The first-order chi connectivity index (χ1) is 9.43. The van der Waals surface area contributed by atoms with Gasteiger partial charge in [-0.15, -0.1) is 0 Å². The predicted octanol–water partition coefficient (Wildman–Crippen LogP) is 0.664. The number of nitrogen functional groups attached to an aromatic ring is 1. The van der Waals surface area contributed by atoms with Gasteiger partial charge < -0.3 is 5.73 Å². The van der Waals surface area contributed by atoms with Crippen LogP contribution < -0.4 is 5.73 Å². The molecule has 0 aliphatic carbocycles. The van der Waals surface area contributed by atoms with Gasteiger partial charge in [0.25, 0.3) is 0 Å². The Kier molecular flexibility index (Phi) is 3.00. The molecule has 0 aromatic carbocycles. The summed E-state index contributed by atoms with van der Waals surface area (Å²) >= 11 is 0. The first-order valence-electron chi connectivity index (χ1n) is 6.82. The first-order valence-corrected chi connectivity index (χ1v) is 8.64. The van der Waals surface area contributed by atoms with Gasteiger partial charge in [0.15, 0.2) is 5.65 Å². The maximum atomic E-state index is 11.6. The fraction of sp³-hybridized carbons (Fsp3) is 0.667. The monoisotopic (exact) mass is 297 g/mol. The Balaban J connectivity index is 2.08. The molecule has 1 aliphatic rings. The lowest BCUT2D eigenvalue weighted by atomic mass is 10.1. The second kappa shape index (κ2) is 4.47. The van der Waals surface area contributed by atoms with Crippen LogP contribution in [0.4, 0.5) is 5.95 Å². The Bertz CT molecular complexity index is 744. The van der Waals surface area contributed by atoms with Crippen molar-refractivity contribution in [3.63, 3.8) is 0 Å². The Labute approximate surface area is 117 Å². The average molecular weight is 297 g/mol. The number of fused-ring (bicyclic) bond motifs is 1. The second-order valence-corrected chi connectivity index (χ2v) is 7.62. The highest BCUT2D eigenvalue weighted by molar-refractivity contribution is 7.91. The number of aryl methyl sites for hydroxylation is 2. The third kappa shape index (κ3) is 1.98. The molecule has 2 N–H and O–H groups in total. The van der Waals surface area contributed by atoms with E-state index < -0.39 is 9.84 Å². The number of aromatic nitrogens is 4. The highest BCUT2D eigenvalue weighted by atomic mass is 32.2. The number of hydrogen-bond acceptors (Lipinski definition) is 5. The van der Waals surface area contributed by atoms with Gasteiger partial charge in [0.1, 0.15) is 15.4 Å². The Hall–Kier alpha value is -1.57. The van der Waals surface area contributed by atoms with Gasteiger partial charge >= 0.3 is 0 Å². The number of nitrogens with zero attached hydrogens (tertiary/aromatic N) is 4. The van der Waals surface area contributed by atoms with Crippen molar-refractivity contribution >= 4 is 26.9 Å². The lowest BCUT2D eigenvalue weighted by Crippen LogP contribution is -2.26. The Morgan fingerprint density at radius 3 is 2.60 bits per heavy atom. The molecule has 0 atom stereocenters. The van der Waals surface area contributed by atoms with Crippen LogP contribution >= 0.6 is 0 Å². The largest absolute Gasteiger partial charge is 0.369 e. The first kappa shape index (κ1) is 13.4. The zero-order valence-electron chi connectivity index (χ0n) is 11.7. The summed E-state index contributed by atoms with van der Waals surface area (Å²) < 4.78 is 26.9. The molecule has 3 rings (SSSR count). The standard InChI is InChI=1S/C12H19N5O2S/c1-3-9-10-11(16(2)15-9)17(12(13)14-10)8-4-6-20(18,19)7-5-8/h8H,3-7H2,1-2H3,(H2,13,14). The van der Waals surface area contributed by atoms with Crippen LogP contribution in [0.1, 0.15) is 31.5 Å². The molecule has 7 nitrogen and oxygen atoms in total. The van der Waals surface area contributed by atoms with E-state index in [0.29, 0.717) is 18.8 Å². The van der Waals surface area contributed by atoms with Gasteiger partial charge in [0.05, 0.1) is 17.2 Å². The second-order valence-electron chi connectivity index (χ2n) is 5.32. The molecule has 8 heteroatoms. The van der Waals surface area contributed by atoms with Crippen molar-refractivity contribution < 1.29 is 8.42 Å². The number of rotatable bonds is 2. The maximum Gasteiger partial charge on any atom is 0.202 e. The predicted molar refractivity (Wildman–Crippen MR) is 77.2 cm³/mol. The molecule has 0 spiro atoms. The molecular formula is C12H19N5O2S. The fourth-order valence-corrected chi connectivity index (χ4v) is 4.42. The van der Waals surface area contributed by atoms with Gasteiger partial charge in [-0.05, 0) is 19.3 Å². The molecule has 1 aliphatic heterocycles. The molecule has 1 saturated heterocycles. The minimum absolute atomic E-state index is 0.0867. The summed E-state index contributed by atoms with van der Waals surface area (Å²) in [5.41, 5.74) is 8.70. The molecule has 110 valence electrons. The number of imidazole rings is 1. The Morgan fingerprint density at radius 1 is 1.35 bits per heavy atom. The van der Waals surface area contributed by atoms with Gasteiger partial charge in [-0.25, -0.2) is 13.4 Å². The normalized spacial score (nSPS) is 19.7. The van der Waals surface area contributed by atoms with Crippen LogP contribution in [-0.2, 0) is 23.3 Å². The van der Waals surface area contributed by atoms with Crippen molar-refractivity contribution in [3.8, 4) is 0 Å². The maximum absolute atomic E-state index is 11.6. The van der Waals surface area contributed by atoms with Gasteiger partial charge in [-0.2, -0.15) is 5.10 Å². The van der Waals surface area contributed by atoms with Crippen LogP contribution in [-0.4, -0.2) is 39.3 Å². The van der Waals surface area contributed by atoms with E-state index in [4.69, 9.17) is 5.73 Å². The van der Waals surface area contributed by atoms with E-state index >= 15 is 0 Å². The smallest absolute Gasteiger partial charge is 0.202 e. The van der Waals surface area contributed by atoms with Crippen LogP contribution in [0, 0.1) is 0 Å². The van der Waals surface area contributed by atoms with E-state index in [9.17, 15) is 8.42 Å². The van der Waals surface area contributed by atoms with Crippen LogP contribution in [0.15, 0.2) is 0 Å². The van der Waals surface area contributed by atoms with Crippen molar-refractivity contribution in [2.24, 2.45) is 7.05 Å². The quantitative estimate of drug-likeness (QED) is 0.878. The lowest BCUT2D eigenvalue weighted by Gasteiger charge is -2.24. The van der Waals surface area contributed by atoms with Crippen molar-refractivity contribution in [3.05, 3.63) is 5.69 Å². The molecule has 0 unspecified atom stereocenters. The van der Waals surface area contributed by atoms with Crippen molar-refractivity contribution in [1.82, 2.24) is 19.3 Å². The van der Waals surface area contributed by atoms with Crippen molar-refractivity contribution in [2.45, 2.75) is 32.2 Å². The fourth-order valence-electron chi connectivity index (χ4n) is 2.95. The van der Waals surface area contributed by atoms with Crippen LogP contribution in [0.5, 0.6) is 0 Å². The third-order valence-corrected chi connectivity index (χ3v) is 5.70. The molecule has 0 bridgehead atoms. The summed E-state index contributed by atoms with van der Waals surface area (Å²) in [6.07, 6.45) is 1.97. The highest BCUT2D eigenvalue weighted by Gasteiger charge is 2.29. The molecule has 1 fully saturated rings. The summed E-state index contributed by atoms with van der Waals surface area (Å²) in [5.74, 6) is 0.886. The minimum Gasteiger partial charge on any atom is -0.369 e.